The molecular formula is C14H18N2O5S. The quantitative estimate of drug-likeness (QED) is 0.453. The highest BCUT2D eigenvalue weighted by atomic mass is 32.2. The van der Waals surface area contributed by atoms with Gasteiger partial charge in [-0.25, -0.2) is 4.79 Å². The van der Waals surface area contributed by atoms with E-state index in [1.165, 1.54) is 23.9 Å². The number of carbonyl (C=O) groups is 2. The minimum Gasteiger partial charge on any atom is -0.480 e. The number of thioether (sulfide) groups is 1. The van der Waals surface area contributed by atoms with Crippen LogP contribution in [0.4, 0.5) is 5.69 Å². The van der Waals surface area contributed by atoms with Gasteiger partial charge in [0, 0.05) is 11.6 Å². The van der Waals surface area contributed by atoms with Crippen molar-refractivity contribution >= 4 is 29.3 Å². The molecule has 0 spiro atoms. The predicted octanol–water partition coefficient (Wildman–Crippen LogP) is 2.55. The fourth-order valence-corrected chi connectivity index (χ4v) is 2.43. The summed E-state index contributed by atoms with van der Waals surface area (Å²) in [6, 6.07) is 3.06. The lowest BCUT2D eigenvalue weighted by Crippen LogP contribution is -2.45. The Morgan fingerprint density at radius 3 is 2.55 bits per heavy atom. The number of carbonyl (C=O) groups excluding carboxylic acids is 1. The molecule has 0 aliphatic rings. The van der Waals surface area contributed by atoms with Crippen LogP contribution < -0.4 is 5.32 Å². The second kappa shape index (κ2) is 7.79. The molecule has 1 aromatic rings. The van der Waals surface area contributed by atoms with Gasteiger partial charge in [0.25, 0.3) is 11.6 Å². The lowest BCUT2D eigenvalue weighted by Gasteiger charge is -2.20. The number of benzene rings is 1. The van der Waals surface area contributed by atoms with Crippen molar-refractivity contribution in [1.29, 1.82) is 0 Å². The summed E-state index contributed by atoms with van der Waals surface area (Å²) in [6.07, 6.45) is 2.29. The van der Waals surface area contributed by atoms with Crippen LogP contribution in [0.2, 0.25) is 0 Å². The molecule has 0 saturated carbocycles. The highest BCUT2D eigenvalue weighted by Crippen LogP contribution is 2.28. The van der Waals surface area contributed by atoms with Crippen LogP contribution in [0.25, 0.3) is 0 Å². The van der Waals surface area contributed by atoms with Crippen molar-refractivity contribution in [2.24, 2.45) is 5.92 Å². The summed E-state index contributed by atoms with van der Waals surface area (Å²) in [6.45, 7) is 3.54. The van der Waals surface area contributed by atoms with Crippen molar-refractivity contribution in [3.05, 3.63) is 33.9 Å². The lowest BCUT2D eigenvalue weighted by atomic mass is 9.99. The zero-order valence-electron chi connectivity index (χ0n) is 12.5. The van der Waals surface area contributed by atoms with E-state index in [9.17, 15) is 19.7 Å². The molecule has 0 heterocycles. The lowest BCUT2D eigenvalue weighted by molar-refractivity contribution is -0.387. The van der Waals surface area contributed by atoms with E-state index in [1.807, 2.05) is 6.92 Å². The standard InChI is InChI=1S/C14H18N2O5S/c1-4-8(2)12(14(18)19)15-13(17)9-5-6-11(22-3)10(7-9)16(20)21/h5-8,12H,4H2,1-3H3,(H,15,17)(H,18,19)/t8-,12-/m0/s1. The fraction of sp³-hybridized carbons (Fsp3) is 0.429. The van der Waals surface area contributed by atoms with Crippen molar-refractivity contribution in [3.8, 4) is 0 Å². The number of nitro groups is 1. The molecule has 0 bridgehead atoms. The third-order valence-electron chi connectivity index (χ3n) is 3.40. The van der Waals surface area contributed by atoms with Gasteiger partial charge in [0.15, 0.2) is 0 Å². The minimum atomic E-state index is -1.13. The largest absolute Gasteiger partial charge is 0.480 e. The van der Waals surface area contributed by atoms with Gasteiger partial charge in [0.2, 0.25) is 0 Å². The monoisotopic (exact) mass is 326 g/mol. The zero-order valence-corrected chi connectivity index (χ0v) is 13.3. The third kappa shape index (κ3) is 4.20. The Morgan fingerprint density at radius 2 is 2.09 bits per heavy atom. The van der Waals surface area contributed by atoms with E-state index in [1.54, 1.807) is 13.2 Å². The van der Waals surface area contributed by atoms with E-state index < -0.39 is 22.8 Å². The molecule has 0 radical (unpaired) electrons. The number of carboxylic acids is 1. The van der Waals surface area contributed by atoms with E-state index in [4.69, 9.17) is 5.11 Å². The molecule has 1 aromatic carbocycles. The van der Waals surface area contributed by atoms with Crippen molar-refractivity contribution in [3.63, 3.8) is 0 Å². The number of hydrogen-bond donors (Lipinski definition) is 2. The molecule has 0 aliphatic carbocycles. The van der Waals surface area contributed by atoms with E-state index in [2.05, 4.69) is 5.32 Å². The molecule has 0 fully saturated rings. The number of hydrogen-bond acceptors (Lipinski definition) is 5. The number of nitrogens with one attached hydrogen (secondary N) is 1. The summed E-state index contributed by atoms with van der Waals surface area (Å²) in [5, 5.41) is 22.6. The number of amides is 1. The molecule has 0 unspecified atom stereocenters. The van der Waals surface area contributed by atoms with Crippen LogP contribution in [0, 0.1) is 16.0 Å². The van der Waals surface area contributed by atoms with E-state index >= 15 is 0 Å². The summed E-state index contributed by atoms with van der Waals surface area (Å²) in [7, 11) is 0. The number of carboxylic acid groups (broad SMARTS) is 1. The topological polar surface area (TPSA) is 110 Å². The predicted molar refractivity (Wildman–Crippen MR) is 83.2 cm³/mol. The number of nitro benzene ring substituents is 1. The Morgan fingerprint density at radius 1 is 1.45 bits per heavy atom. The van der Waals surface area contributed by atoms with Crippen LogP contribution in [0.15, 0.2) is 23.1 Å². The van der Waals surface area contributed by atoms with Gasteiger partial charge >= 0.3 is 5.97 Å². The minimum absolute atomic E-state index is 0.0686. The van der Waals surface area contributed by atoms with E-state index in [0.717, 1.165) is 6.07 Å². The highest BCUT2D eigenvalue weighted by molar-refractivity contribution is 7.98. The second-order valence-electron chi connectivity index (χ2n) is 4.82. The zero-order chi connectivity index (χ0) is 16.9. The molecule has 120 valence electrons. The molecule has 8 heteroatoms. The van der Waals surface area contributed by atoms with Crippen LogP contribution in [0.1, 0.15) is 30.6 Å². The second-order valence-corrected chi connectivity index (χ2v) is 5.67. The Hall–Kier alpha value is -2.09. The van der Waals surface area contributed by atoms with Gasteiger partial charge in [-0.2, -0.15) is 0 Å². The summed E-state index contributed by atoms with van der Waals surface area (Å²) in [4.78, 5) is 34.3. The molecule has 1 rings (SSSR count). The molecule has 0 aliphatic heterocycles. The van der Waals surface area contributed by atoms with Gasteiger partial charge in [-0.05, 0) is 24.3 Å². The van der Waals surface area contributed by atoms with Gasteiger partial charge in [-0.3, -0.25) is 14.9 Å². The first-order chi connectivity index (χ1) is 10.3. The maximum atomic E-state index is 12.2. The Balaban J connectivity index is 3.05. The number of aliphatic carboxylic acids is 1. The van der Waals surface area contributed by atoms with E-state index in [-0.39, 0.29) is 17.2 Å². The first kappa shape index (κ1) is 18.0. The summed E-state index contributed by atoms with van der Waals surface area (Å²) >= 11 is 1.20. The highest BCUT2D eigenvalue weighted by Gasteiger charge is 2.26. The summed E-state index contributed by atoms with van der Waals surface area (Å²) in [5.41, 5.74) is -0.102. The Labute approximate surface area is 132 Å². The number of nitrogens with zero attached hydrogens (tertiary/aromatic N) is 1. The molecule has 7 nitrogen and oxygen atoms in total. The SMILES string of the molecule is CC[C@H](C)[C@H](NC(=O)c1ccc(SC)c([N+](=O)[O-])c1)C(=O)O. The fourth-order valence-electron chi connectivity index (χ4n) is 1.88. The summed E-state index contributed by atoms with van der Waals surface area (Å²) in [5.74, 6) is -2.01. The first-order valence-electron chi connectivity index (χ1n) is 6.67. The molecular weight excluding hydrogens is 308 g/mol. The first-order valence-corrected chi connectivity index (χ1v) is 7.90. The maximum absolute atomic E-state index is 12.2. The average Bonchev–Trinajstić information content (AvgIpc) is 2.50. The van der Waals surface area contributed by atoms with Crippen LogP contribution in [0.5, 0.6) is 0 Å². The van der Waals surface area contributed by atoms with E-state index in [0.29, 0.717) is 11.3 Å². The van der Waals surface area contributed by atoms with Crippen molar-refractivity contribution in [2.75, 3.05) is 6.26 Å². The molecule has 1 amide bonds. The summed E-state index contributed by atoms with van der Waals surface area (Å²) < 4.78 is 0. The van der Waals surface area contributed by atoms with Crippen molar-refractivity contribution in [1.82, 2.24) is 5.32 Å². The van der Waals surface area contributed by atoms with Crippen LogP contribution in [-0.4, -0.2) is 34.2 Å². The Bertz CT molecular complexity index is 591. The van der Waals surface area contributed by atoms with Crippen molar-refractivity contribution < 1.29 is 19.6 Å². The van der Waals surface area contributed by atoms with Crippen LogP contribution in [0.3, 0.4) is 0 Å². The Kier molecular flexibility index (Phi) is 6.36. The van der Waals surface area contributed by atoms with Gasteiger partial charge in [-0.15, -0.1) is 11.8 Å². The third-order valence-corrected chi connectivity index (χ3v) is 4.19. The smallest absolute Gasteiger partial charge is 0.326 e. The molecule has 2 N–H and O–H groups in total. The van der Waals surface area contributed by atoms with Gasteiger partial charge in [-0.1, -0.05) is 20.3 Å². The van der Waals surface area contributed by atoms with Crippen LogP contribution in [-0.2, 0) is 4.79 Å². The average molecular weight is 326 g/mol. The maximum Gasteiger partial charge on any atom is 0.326 e. The van der Waals surface area contributed by atoms with Gasteiger partial charge < -0.3 is 10.4 Å². The van der Waals surface area contributed by atoms with Crippen LogP contribution >= 0.6 is 11.8 Å². The van der Waals surface area contributed by atoms with Gasteiger partial charge in [0.1, 0.15) is 6.04 Å². The molecule has 0 saturated heterocycles. The molecule has 0 aromatic heterocycles. The van der Waals surface area contributed by atoms with Gasteiger partial charge in [0.05, 0.1) is 9.82 Å². The normalized spacial score (nSPS) is 13.2. The number of rotatable bonds is 7. The van der Waals surface area contributed by atoms with Crippen molar-refractivity contribution in [2.45, 2.75) is 31.2 Å². The molecule has 22 heavy (non-hydrogen) atoms. The molecule has 2 atom stereocenters.